The highest BCUT2D eigenvalue weighted by Crippen LogP contribution is 2.33. The van der Waals surface area contributed by atoms with Gasteiger partial charge < -0.3 is 28.8 Å². The summed E-state index contributed by atoms with van der Waals surface area (Å²) in [6.45, 7) is 5.68. The summed E-state index contributed by atoms with van der Waals surface area (Å²) in [6, 6.07) is 6.06. The number of morpholine rings is 1. The molecule has 1 aromatic carbocycles. The average Bonchev–Trinajstić information content (AvgIpc) is 3.45. The van der Waals surface area contributed by atoms with Crippen molar-refractivity contribution in [2.75, 3.05) is 19.7 Å². The Labute approximate surface area is 211 Å². The molecule has 4 aromatic rings. The quantitative estimate of drug-likeness (QED) is 0.421. The van der Waals surface area contributed by atoms with E-state index >= 15 is 8.78 Å². The van der Waals surface area contributed by atoms with Gasteiger partial charge in [-0.2, -0.15) is 0 Å². The fourth-order valence-corrected chi connectivity index (χ4v) is 4.54. The van der Waals surface area contributed by atoms with E-state index in [2.05, 4.69) is 9.97 Å². The van der Waals surface area contributed by atoms with Crippen LogP contribution < -0.4 is 0 Å². The standard InChI is InChI=1S/C26H27F2N5O4/c1-15-4-5-33-20(11-17-12-31(25(34)35)6-7-37-17)24(30-22(33)8-15)23-18(27)9-16(10-19(23)28)32-13-21(29-14-32)26(2,3)36/h4-5,8-10,13-14,17,36H,6-7,11-12H2,1-3H3,(H,34,35)/t17-/m0/s1. The van der Waals surface area contributed by atoms with Gasteiger partial charge in [-0.25, -0.2) is 23.5 Å². The number of carboxylic acid groups (broad SMARTS) is 1. The molecular formula is C26H27F2N5O4. The number of hydrogen-bond acceptors (Lipinski definition) is 5. The number of aliphatic hydroxyl groups is 1. The summed E-state index contributed by atoms with van der Waals surface area (Å²) in [4.78, 5) is 21.4. The lowest BCUT2D eigenvalue weighted by Crippen LogP contribution is -2.45. The second-order valence-electron chi connectivity index (χ2n) is 9.77. The van der Waals surface area contributed by atoms with E-state index in [0.29, 0.717) is 17.0 Å². The summed E-state index contributed by atoms with van der Waals surface area (Å²) in [5.41, 5.74) is 1.17. The largest absolute Gasteiger partial charge is 0.465 e. The normalized spacial score (nSPS) is 16.5. The van der Waals surface area contributed by atoms with Crippen molar-refractivity contribution in [1.29, 1.82) is 0 Å². The Morgan fingerprint density at radius 1 is 1.24 bits per heavy atom. The summed E-state index contributed by atoms with van der Waals surface area (Å²) in [7, 11) is 0. The number of nitrogens with zero attached hydrogens (tertiary/aromatic N) is 5. The first-order valence-corrected chi connectivity index (χ1v) is 11.8. The van der Waals surface area contributed by atoms with E-state index in [1.54, 1.807) is 24.4 Å². The number of imidazole rings is 2. The van der Waals surface area contributed by atoms with E-state index in [1.165, 1.54) is 34.1 Å². The first-order chi connectivity index (χ1) is 17.5. The lowest BCUT2D eigenvalue weighted by atomic mass is 10.0. The zero-order valence-corrected chi connectivity index (χ0v) is 20.7. The molecule has 2 N–H and O–H groups in total. The number of amides is 1. The minimum Gasteiger partial charge on any atom is -0.465 e. The van der Waals surface area contributed by atoms with Crippen molar-refractivity contribution in [2.45, 2.75) is 38.9 Å². The third-order valence-electron chi connectivity index (χ3n) is 6.48. The maximum absolute atomic E-state index is 15.6. The minimum absolute atomic E-state index is 0.131. The molecule has 1 fully saturated rings. The van der Waals surface area contributed by atoms with Crippen LogP contribution in [0.2, 0.25) is 0 Å². The third kappa shape index (κ3) is 4.79. The number of halogens is 2. The van der Waals surface area contributed by atoms with E-state index in [4.69, 9.17) is 4.74 Å². The van der Waals surface area contributed by atoms with Crippen LogP contribution in [0.3, 0.4) is 0 Å². The van der Waals surface area contributed by atoms with Crippen LogP contribution in [0.4, 0.5) is 13.6 Å². The number of rotatable bonds is 5. The number of ether oxygens (including phenoxy) is 1. The van der Waals surface area contributed by atoms with Gasteiger partial charge in [0.15, 0.2) is 0 Å². The maximum Gasteiger partial charge on any atom is 0.407 e. The van der Waals surface area contributed by atoms with Gasteiger partial charge in [0, 0.05) is 25.4 Å². The van der Waals surface area contributed by atoms with Crippen molar-refractivity contribution >= 4 is 11.7 Å². The van der Waals surface area contributed by atoms with Crippen LogP contribution in [-0.4, -0.2) is 65.9 Å². The van der Waals surface area contributed by atoms with Crippen LogP contribution in [0, 0.1) is 18.6 Å². The SMILES string of the molecule is Cc1ccn2c(C[C@H]3CN(C(=O)O)CCO3)c(-c3c(F)cc(-n4cnc(C(C)(C)O)c4)cc3F)nc2c1. The summed E-state index contributed by atoms with van der Waals surface area (Å²) >= 11 is 0. The molecule has 1 aliphatic rings. The van der Waals surface area contributed by atoms with Crippen LogP contribution in [0.25, 0.3) is 22.6 Å². The van der Waals surface area contributed by atoms with Crippen LogP contribution in [0.5, 0.6) is 0 Å². The molecule has 5 rings (SSSR count). The Hall–Kier alpha value is -3.83. The van der Waals surface area contributed by atoms with Crippen LogP contribution in [0.15, 0.2) is 43.0 Å². The average molecular weight is 512 g/mol. The first kappa shape index (κ1) is 24.8. The molecule has 4 heterocycles. The number of pyridine rings is 1. The van der Waals surface area contributed by atoms with Gasteiger partial charge in [0.25, 0.3) is 0 Å². The van der Waals surface area contributed by atoms with Gasteiger partial charge in [-0.15, -0.1) is 0 Å². The molecule has 0 aliphatic carbocycles. The van der Waals surface area contributed by atoms with Crippen molar-refractivity contribution in [3.63, 3.8) is 0 Å². The Bertz CT molecular complexity index is 1470. The van der Waals surface area contributed by atoms with Crippen molar-refractivity contribution in [1.82, 2.24) is 23.8 Å². The minimum atomic E-state index is -1.21. The van der Waals surface area contributed by atoms with Gasteiger partial charge in [0.1, 0.15) is 22.9 Å². The molecule has 0 radical (unpaired) electrons. The highest BCUT2D eigenvalue weighted by Gasteiger charge is 2.29. The molecule has 0 spiro atoms. The lowest BCUT2D eigenvalue weighted by Gasteiger charge is -2.31. The number of hydrogen-bond donors (Lipinski definition) is 2. The van der Waals surface area contributed by atoms with Gasteiger partial charge in [-0.1, -0.05) is 0 Å². The van der Waals surface area contributed by atoms with Crippen molar-refractivity contribution in [2.24, 2.45) is 0 Å². The second-order valence-corrected chi connectivity index (χ2v) is 9.77. The zero-order valence-electron chi connectivity index (χ0n) is 20.7. The molecule has 3 aromatic heterocycles. The molecule has 0 saturated carbocycles. The number of carbonyl (C=O) groups is 1. The molecule has 1 amide bonds. The molecule has 1 aliphatic heterocycles. The number of aromatic nitrogens is 4. The number of aryl methyl sites for hydroxylation is 1. The highest BCUT2D eigenvalue weighted by atomic mass is 19.1. The summed E-state index contributed by atoms with van der Waals surface area (Å²) in [5.74, 6) is -1.63. The van der Waals surface area contributed by atoms with Gasteiger partial charge >= 0.3 is 6.09 Å². The Balaban J connectivity index is 1.58. The Morgan fingerprint density at radius 2 is 1.97 bits per heavy atom. The lowest BCUT2D eigenvalue weighted by molar-refractivity contribution is -0.0214. The predicted octanol–water partition coefficient (Wildman–Crippen LogP) is 3.92. The number of fused-ring (bicyclic) bond motifs is 1. The van der Waals surface area contributed by atoms with Crippen molar-refractivity contribution in [3.8, 4) is 16.9 Å². The molecule has 1 atom stereocenters. The molecule has 9 nitrogen and oxygen atoms in total. The Kier molecular flexibility index (Phi) is 6.20. The fourth-order valence-electron chi connectivity index (χ4n) is 4.54. The molecule has 194 valence electrons. The highest BCUT2D eigenvalue weighted by molar-refractivity contribution is 5.69. The summed E-state index contributed by atoms with van der Waals surface area (Å²) in [6.07, 6.45) is 3.35. The van der Waals surface area contributed by atoms with Gasteiger partial charge in [-0.05, 0) is 50.6 Å². The Morgan fingerprint density at radius 3 is 2.62 bits per heavy atom. The monoisotopic (exact) mass is 511 g/mol. The zero-order chi connectivity index (χ0) is 26.5. The van der Waals surface area contributed by atoms with Gasteiger partial charge in [-0.3, -0.25) is 0 Å². The smallest absolute Gasteiger partial charge is 0.407 e. The van der Waals surface area contributed by atoms with Gasteiger partial charge in [0.05, 0.1) is 53.9 Å². The topological polar surface area (TPSA) is 105 Å². The molecule has 37 heavy (non-hydrogen) atoms. The van der Waals surface area contributed by atoms with Gasteiger partial charge in [0.2, 0.25) is 0 Å². The first-order valence-electron chi connectivity index (χ1n) is 11.8. The van der Waals surface area contributed by atoms with E-state index in [1.807, 2.05) is 19.1 Å². The molecule has 0 unspecified atom stereocenters. The van der Waals surface area contributed by atoms with E-state index in [-0.39, 0.29) is 43.1 Å². The van der Waals surface area contributed by atoms with E-state index < -0.39 is 29.4 Å². The van der Waals surface area contributed by atoms with Crippen molar-refractivity contribution in [3.05, 3.63) is 71.6 Å². The molecule has 1 saturated heterocycles. The maximum atomic E-state index is 15.6. The van der Waals surface area contributed by atoms with E-state index in [9.17, 15) is 15.0 Å². The van der Waals surface area contributed by atoms with Crippen molar-refractivity contribution < 1.29 is 28.5 Å². The fraction of sp³-hybridized carbons (Fsp3) is 0.346. The molecular weight excluding hydrogens is 484 g/mol. The van der Waals surface area contributed by atoms with Crippen LogP contribution >= 0.6 is 0 Å². The van der Waals surface area contributed by atoms with Crippen LogP contribution in [0.1, 0.15) is 30.8 Å². The second kappa shape index (κ2) is 9.24. The number of benzene rings is 1. The summed E-state index contributed by atoms with van der Waals surface area (Å²) < 4.78 is 40.1. The van der Waals surface area contributed by atoms with Crippen LogP contribution in [-0.2, 0) is 16.8 Å². The van der Waals surface area contributed by atoms with E-state index in [0.717, 1.165) is 5.56 Å². The summed E-state index contributed by atoms with van der Waals surface area (Å²) in [5, 5.41) is 19.6. The molecule has 11 heteroatoms. The molecule has 0 bridgehead atoms. The third-order valence-corrected chi connectivity index (χ3v) is 6.48. The predicted molar refractivity (Wildman–Crippen MR) is 131 cm³/mol.